The maximum absolute atomic E-state index is 11.7. The maximum Gasteiger partial charge on any atom is 0.286 e. The summed E-state index contributed by atoms with van der Waals surface area (Å²) >= 11 is 0. The van der Waals surface area contributed by atoms with Crippen molar-refractivity contribution >= 4 is 17.5 Å². The average molecular weight is 329 g/mol. The zero-order valence-electron chi connectivity index (χ0n) is 13.8. The van der Waals surface area contributed by atoms with Crippen LogP contribution in [-0.4, -0.2) is 38.5 Å². The van der Waals surface area contributed by atoms with Crippen molar-refractivity contribution < 1.29 is 14.0 Å². The zero-order valence-corrected chi connectivity index (χ0v) is 13.8. The molecule has 24 heavy (non-hydrogen) atoms. The van der Waals surface area contributed by atoms with E-state index in [4.69, 9.17) is 4.42 Å². The SMILES string of the molecule is CN(CCCNC(=O)CCNC(=O)c1ccco1)c1ccccc1. The van der Waals surface area contributed by atoms with Crippen molar-refractivity contribution in [2.45, 2.75) is 12.8 Å². The van der Waals surface area contributed by atoms with Gasteiger partial charge in [-0.2, -0.15) is 0 Å². The lowest BCUT2D eigenvalue weighted by atomic mass is 10.3. The number of furan rings is 1. The number of benzene rings is 1. The number of nitrogens with zero attached hydrogens (tertiary/aromatic N) is 1. The van der Waals surface area contributed by atoms with E-state index in [-0.39, 0.29) is 30.5 Å². The molecule has 0 aliphatic heterocycles. The van der Waals surface area contributed by atoms with E-state index in [2.05, 4.69) is 27.7 Å². The predicted octanol–water partition coefficient (Wildman–Crippen LogP) is 2.04. The molecular formula is C18H23N3O3. The van der Waals surface area contributed by atoms with E-state index in [1.165, 1.54) is 6.26 Å². The predicted molar refractivity (Wildman–Crippen MR) is 93.0 cm³/mol. The molecule has 2 amide bonds. The number of carbonyl (C=O) groups is 2. The van der Waals surface area contributed by atoms with Crippen molar-refractivity contribution in [1.29, 1.82) is 0 Å². The van der Waals surface area contributed by atoms with Crippen molar-refractivity contribution in [2.24, 2.45) is 0 Å². The highest BCUT2D eigenvalue weighted by molar-refractivity contribution is 5.91. The minimum atomic E-state index is -0.308. The number of hydrogen-bond donors (Lipinski definition) is 2. The highest BCUT2D eigenvalue weighted by Gasteiger charge is 2.08. The fourth-order valence-electron chi connectivity index (χ4n) is 2.23. The van der Waals surface area contributed by atoms with Crippen molar-refractivity contribution in [3.8, 4) is 0 Å². The fraction of sp³-hybridized carbons (Fsp3) is 0.333. The smallest absolute Gasteiger partial charge is 0.286 e. The van der Waals surface area contributed by atoms with E-state index < -0.39 is 0 Å². The highest BCUT2D eigenvalue weighted by atomic mass is 16.3. The van der Waals surface area contributed by atoms with Gasteiger partial charge in [0.2, 0.25) is 5.91 Å². The van der Waals surface area contributed by atoms with Crippen molar-refractivity contribution in [3.63, 3.8) is 0 Å². The molecule has 0 unspecified atom stereocenters. The second kappa shape index (κ2) is 9.39. The number of rotatable bonds is 9. The van der Waals surface area contributed by atoms with Gasteiger partial charge in [-0.15, -0.1) is 0 Å². The lowest BCUT2D eigenvalue weighted by molar-refractivity contribution is -0.120. The van der Waals surface area contributed by atoms with Gasteiger partial charge in [-0.1, -0.05) is 18.2 Å². The monoisotopic (exact) mass is 329 g/mol. The summed E-state index contributed by atoms with van der Waals surface area (Å²) in [5.74, 6) is -0.131. The normalized spacial score (nSPS) is 10.2. The van der Waals surface area contributed by atoms with Crippen molar-refractivity contribution in [2.75, 3.05) is 31.6 Å². The van der Waals surface area contributed by atoms with Crippen LogP contribution in [0.2, 0.25) is 0 Å². The van der Waals surface area contributed by atoms with Gasteiger partial charge < -0.3 is 20.0 Å². The quantitative estimate of drug-likeness (QED) is 0.691. The Morgan fingerprint density at radius 2 is 1.83 bits per heavy atom. The molecule has 6 heteroatoms. The second-order valence-corrected chi connectivity index (χ2v) is 5.44. The third-order valence-electron chi connectivity index (χ3n) is 3.57. The Bertz CT molecular complexity index is 626. The number of hydrogen-bond acceptors (Lipinski definition) is 4. The molecule has 2 N–H and O–H groups in total. The molecule has 1 aromatic carbocycles. The second-order valence-electron chi connectivity index (χ2n) is 5.44. The molecule has 0 spiro atoms. The molecule has 0 saturated heterocycles. The lowest BCUT2D eigenvalue weighted by Gasteiger charge is -2.19. The molecule has 1 aromatic heterocycles. The summed E-state index contributed by atoms with van der Waals surface area (Å²) < 4.78 is 4.97. The first kappa shape index (κ1) is 17.6. The largest absolute Gasteiger partial charge is 0.459 e. The van der Waals surface area contributed by atoms with Crippen LogP contribution in [0.4, 0.5) is 5.69 Å². The summed E-state index contributed by atoms with van der Waals surface area (Å²) in [6, 6.07) is 13.3. The van der Waals surface area contributed by atoms with Crippen molar-refractivity contribution in [1.82, 2.24) is 10.6 Å². The van der Waals surface area contributed by atoms with E-state index in [1.54, 1.807) is 12.1 Å². The molecule has 0 bridgehead atoms. The Balaban J connectivity index is 1.54. The molecule has 0 atom stereocenters. The first-order valence-corrected chi connectivity index (χ1v) is 8.01. The van der Waals surface area contributed by atoms with Crippen LogP contribution in [0.5, 0.6) is 0 Å². The molecule has 128 valence electrons. The van der Waals surface area contributed by atoms with E-state index in [0.29, 0.717) is 6.54 Å². The number of nitrogens with one attached hydrogen (secondary N) is 2. The number of anilines is 1. The first-order valence-electron chi connectivity index (χ1n) is 8.01. The molecular weight excluding hydrogens is 306 g/mol. The van der Waals surface area contributed by atoms with Gasteiger partial charge in [-0.3, -0.25) is 9.59 Å². The molecule has 0 radical (unpaired) electrons. The number of amides is 2. The maximum atomic E-state index is 11.7. The van der Waals surface area contributed by atoms with Gasteiger partial charge in [-0.05, 0) is 30.7 Å². The third-order valence-corrected chi connectivity index (χ3v) is 3.57. The lowest BCUT2D eigenvalue weighted by Crippen LogP contribution is -2.32. The standard InChI is InChI=1S/C18H23N3O3/c1-21(15-7-3-2-4-8-15)13-6-11-19-17(22)10-12-20-18(23)16-9-5-14-24-16/h2-5,7-9,14H,6,10-13H2,1H3,(H,19,22)(H,20,23). The average Bonchev–Trinajstić information content (AvgIpc) is 3.14. The molecule has 0 saturated carbocycles. The van der Waals surface area contributed by atoms with E-state index in [9.17, 15) is 9.59 Å². The topological polar surface area (TPSA) is 74.6 Å². The molecule has 0 aliphatic carbocycles. The Morgan fingerprint density at radius 1 is 1.04 bits per heavy atom. The molecule has 2 rings (SSSR count). The van der Waals surface area contributed by atoms with Crippen molar-refractivity contribution in [3.05, 3.63) is 54.5 Å². The first-order chi connectivity index (χ1) is 11.7. The number of carbonyl (C=O) groups excluding carboxylic acids is 2. The summed E-state index contributed by atoms with van der Waals surface area (Å²) in [6.07, 6.45) is 2.55. The summed E-state index contributed by atoms with van der Waals surface area (Å²) in [4.78, 5) is 25.5. The van der Waals surface area contributed by atoms with Crippen LogP contribution < -0.4 is 15.5 Å². The number of para-hydroxylation sites is 1. The summed E-state index contributed by atoms with van der Waals surface area (Å²) in [7, 11) is 2.03. The van der Waals surface area contributed by atoms with Crippen LogP contribution in [-0.2, 0) is 4.79 Å². The minimum Gasteiger partial charge on any atom is -0.459 e. The van der Waals surface area contributed by atoms with Gasteiger partial charge in [-0.25, -0.2) is 0 Å². The summed E-state index contributed by atoms with van der Waals surface area (Å²) in [5, 5.41) is 5.50. The minimum absolute atomic E-state index is 0.0721. The fourth-order valence-corrected chi connectivity index (χ4v) is 2.23. The Morgan fingerprint density at radius 3 is 2.54 bits per heavy atom. The van der Waals surface area contributed by atoms with Crippen LogP contribution in [0.1, 0.15) is 23.4 Å². The summed E-state index contributed by atoms with van der Waals surface area (Å²) in [5.41, 5.74) is 1.16. The highest BCUT2D eigenvalue weighted by Crippen LogP contribution is 2.10. The Hall–Kier alpha value is -2.76. The van der Waals surface area contributed by atoms with Crippen LogP contribution in [0, 0.1) is 0 Å². The van der Waals surface area contributed by atoms with Gasteiger partial charge in [0.25, 0.3) is 5.91 Å². The van der Waals surface area contributed by atoms with Crippen LogP contribution in [0.3, 0.4) is 0 Å². The Labute approximate surface area is 141 Å². The van der Waals surface area contributed by atoms with Gasteiger partial charge in [0, 0.05) is 38.8 Å². The molecule has 2 aromatic rings. The van der Waals surface area contributed by atoms with Crippen LogP contribution in [0.15, 0.2) is 53.1 Å². The van der Waals surface area contributed by atoms with E-state index >= 15 is 0 Å². The van der Waals surface area contributed by atoms with Gasteiger partial charge in [0.15, 0.2) is 5.76 Å². The van der Waals surface area contributed by atoms with Gasteiger partial charge >= 0.3 is 0 Å². The van der Waals surface area contributed by atoms with E-state index in [1.807, 2.05) is 25.2 Å². The van der Waals surface area contributed by atoms with Gasteiger partial charge in [0.1, 0.15) is 0 Å². The molecule has 0 aliphatic rings. The van der Waals surface area contributed by atoms with Gasteiger partial charge in [0.05, 0.1) is 6.26 Å². The van der Waals surface area contributed by atoms with Crippen LogP contribution >= 0.6 is 0 Å². The Kier molecular flexibility index (Phi) is 6.89. The zero-order chi connectivity index (χ0) is 17.2. The third kappa shape index (κ3) is 5.79. The van der Waals surface area contributed by atoms with E-state index in [0.717, 1.165) is 18.7 Å². The molecule has 0 fully saturated rings. The summed E-state index contributed by atoms with van der Waals surface area (Å²) in [6.45, 7) is 1.76. The molecule has 6 nitrogen and oxygen atoms in total. The van der Waals surface area contributed by atoms with Crippen LogP contribution in [0.25, 0.3) is 0 Å². The molecule has 1 heterocycles.